The second kappa shape index (κ2) is 5.89. The number of rotatable bonds is 5. The number of hydrogen-bond acceptors (Lipinski definition) is 2. The zero-order chi connectivity index (χ0) is 11.3. The van der Waals surface area contributed by atoms with Crippen molar-refractivity contribution in [3.63, 3.8) is 0 Å². The van der Waals surface area contributed by atoms with Gasteiger partial charge in [-0.1, -0.05) is 37.6 Å². The van der Waals surface area contributed by atoms with Crippen molar-refractivity contribution in [2.24, 2.45) is 0 Å². The van der Waals surface area contributed by atoms with E-state index in [9.17, 15) is 0 Å². The summed E-state index contributed by atoms with van der Waals surface area (Å²) < 4.78 is 0. The summed E-state index contributed by atoms with van der Waals surface area (Å²) in [5.74, 6) is 0. The highest BCUT2D eigenvalue weighted by atomic mass is 15.5. The first-order valence-electron chi connectivity index (χ1n) is 5.65. The summed E-state index contributed by atoms with van der Waals surface area (Å²) in [4.78, 5) is 0. The number of benzene rings is 1. The molecule has 1 aromatic carbocycles. The van der Waals surface area contributed by atoms with Crippen LogP contribution in [0.25, 0.3) is 0 Å². The highest BCUT2D eigenvalue weighted by Crippen LogP contribution is 2.14. The van der Waals surface area contributed by atoms with Gasteiger partial charge in [-0.15, -0.1) is 0 Å². The van der Waals surface area contributed by atoms with Gasteiger partial charge in [0.1, 0.15) is 0 Å². The third-order valence-corrected chi connectivity index (χ3v) is 2.47. The van der Waals surface area contributed by atoms with Gasteiger partial charge in [0.05, 0.1) is 0 Å². The molecule has 1 atom stereocenters. The van der Waals surface area contributed by atoms with Gasteiger partial charge in [-0.25, -0.2) is 5.43 Å². The number of hydrazine groups is 1. The summed E-state index contributed by atoms with van der Waals surface area (Å²) in [6, 6.07) is 9.26. The van der Waals surface area contributed by atoms with E-state index in [4.69, 9.17) is 0 Å². The third kappa shape index (κ3) is 4.02. The average molecular weight is 206 g/mol. The molecule has 84 valence electrons. The topological polar surface area (TPSA) is 15.3 Å². The largest absolute Gasteiger partial charge is 0.250 e. The van der Waals surface area contributed by atoms with E-state index in [1.54, 1.807) is 0 Å². The van der Waals surface area contributed by atoms with Crippen molar-refractivity contribution in [1.82, 2.24) is 10.4 Å². The first-order valence-corrected chi connectivity index (χ1v) is 5.65. The number of nitrogens with one attached hydrogen (secondary N) is 1. The molecular weight excluding hydrogens is 184 g/mol. The van der Waals surface area contributed by atoms with E-state index < -0.39 is 0 Å². The maximum absolute atomic E-state index is 3.34. The first-order chi connectivity index (χ1) is 7.13. The van der Waals surface area contributed by atoms with E-state index in [0.717, 1.165) is 0 Å². The summed E-state index contributed by atoms with van der Waals surface area (Å²) in [7, 11) is 4.03. The summed E-state index contributed by atoms with van der Waals surface area (Å²) in [6.45, 7) is 4.39. The molecule has 1 rings (SSSR count). The number of nitrogens with zero attached hydrogens (tertiary/aromatic N) is 1. The summed E-state index contributed by atoms with van der Waals surface area (Å²) in [5.41, 5.74) is 6.11. The van der Waals surface area contributed by atoms with E-state index in [2.05, 4.69) is 43.5 Å². The van der Waals surface area contributed by atoms with Crippen molar-refractivity contribution in [2.45, 2.75) is 32.7 Å². The van der Waals surface area contributed by atoms with Gasteiger partial charge in [0.25, 0.3) is 0 Å². The lowest BCUT2D eigenvalue weighted by molar-refractivity contribution is 0.252. The molecule has 1 aromatic rings. The van der Waals surface area contributed by atoms with Crippen molar-refractivity contribution in [2.75, 3.05) is 14.1 Å². The van der Waals surface area contributed by atoms with Crippen LogP contribution in [0.15, 0.2) is 24.3 Å². The Morgan fingerprint density at radius 2 is 1.80 bits per heavy atom. The van der Waals surface area contributed by atoms with E-state index in [1.165, 1.54) is 24.0 Å². The normalized spacial score (nSPS) is 13.1. The van der Waals surface area contributed by atoms with Gasteiger partial charge in [0, 0.05) is 20.1 Å². The minimum Gasteiger partial charge on any atom is -0.250 e. The van der Waals surface area contributed by atoms with Crippen LogP contribution in [0.2, 0.25) is 0 Å². The molecule has 15 heavy (non-hydrogen) atoms. The monoisotopic (exact) mass is 206 g/mol. The lowest BCUT2D eigenvalue weighted by Gasteiger charge is -2.19. The molecule has 2 heteroatoms. The maximum Gasteiger partial charge on any atom is 0.0436 e. The molecule has 1 N–H and O–H groups in total. The van der Waals surface area contributed by atoms with Crippen molar-refractivity contribution < 1.29 is 0 Å². The highest BCUT2D eigenvalue weighted by molar-refractivity contribution is 5.24. The molecule has 0 aliphatic heterocycles. The van der Waals surface area contributed by atoms with Crippen molar-refractivity contribution in [3.8, 4) is 0 Å². The molecule has 0 bridgehead atoms. The smallest absolute Gasteiger partial charge is 0.0436 e. The SMILES string of the molecule is CCCc1ccc(C(C)NN(C)C)cc1. The molecule has 0 aliphatic rings. The Labute approximate surface area is 93.3 Å². The van der Waals surface area contributed by atoms with Crippen molar-refractivity contribution >= 4 is 0 Å². The fourth-order valence-corrected chi connectivity index (χ4v) is 1.72. The minimum absolute atomic E-state index is 0.371. The summed E-state index contributed by atoms with van der Waals surface area (Å²) >= 11 is 0. The van der Waals surface area contributed by atoms with E-state index in [-0.39, 0.29) is 0 Å². The Bertz CT molecular complexity index is 277. The Morgan fingerprint density at radius 3 is 2.27 bits per heavy atom. The van der Waals surface area contributed by atoms with Crippen LogP contribution in [0.5, 0.6) is 0 Å². The second-order valence-electron chi connectivity index (χ2n) is 4.24. The van der Waals surface area contributed by atoms with E-state index >= 15 is 0 Å². The minimum atomic E-state index is 0.371. The third-order valence-electron chi connectivity index (χ3n) is 2.47. The van der Waals surface area contributed by atoms with Crippen LogP contribution in [-0.4, -0.2) is 19.1 Å². The zero-order valence-electron chi connectivity index (χ0n) is 10.2. The fraction of sp³-hybridized carbons (Fsp3) is 0.538. The quantitative estimate of drug-likeness (QED) is 0.745. The standard InChI is InChI=1S/C13H22N2/c1-5-6-12-7-9-13(10-8-12)11(2)14-15(3)4/h7-11,14H,5-6H2,1-4H3. The van der Waals surface area contributed by atoms with Crippen LogP contribution < -0.4 is 5.43 Å². The molecule has 0 radical (unpaired) electrons. The molecule has 0 heterocycles. The Kier molecular flexibility index (Phi) is 4.79. The lowest BCUT2D eigenvalue weighted by Crippen LogP contribution is -2.32. The molecule has 0 aliphatic carbocycles. The van der Waals surface area contributed by atoms with Gasteiger partial charge in [-0.2, -0.15) is 0 Å². The Morgan fingerprint density at radius 1 is 1.20 bits per heavy atom. The fourth-order valence-electron chi connectivity index (χ4n) is 1.72. The highest BCUT2D eigenvalue weighted by Gasteiger charge is 2.04. The molecule has 0 saturated carbocycles. The van der Waals surface area contributed by atoms with Crippen molar-refractivity contribution in [3.05, 3.63) is 35.4 Å². The molecule has 0 spiro atoms. The van der Waals surface area contributed by atoms with Crippen LogP contribution in [0.3, 0.4) is 0 Å². The molecule has 2 nitrogen and oxygen atoms in total. The maximum atomic E-state index is 3.34. The van der Waals surface area contributed by atoms with Gasteiger partial charge >= 0.3 is 0 Å². The van der Waals surface area contributed by atoms with Crippen LogP contribution >= 0.6 is 0 Å². The average Bonchev–Trinajstić information content (AvgIpc) is 2.18. The molecule has 0 fully saturated rings. The van der Waals surface area contributed by atoms with Crippen molar-refractivity contribution in [1.29, 1.82) is 0 Å². The molecule has 1 unspecified atom stereocenters. The van der Waals surface area contributed by atoms with Crippen LogP contribution in [0.1, 0.15) is 37.4 Å². The predicted octanol–water partition coefficient (Wildman–Crippen LogP) is 2.77. The second-order valence-corrected chi connectivity index (χ2v) is 4.24. The Balaban J connectivity index is 2.62. The molecular formula is C13H22N2. The van der Waals surface area contributed by atoms with E-state index in [1.807, 2.05) is 19.1 Å². The number of hydrogen-bond donors (Lipinski definition) is 1. The molecule has 0 saturated heterocycles. The number of aryl methyl sites for hydroxylation is 1. The van der Waals surface area contributed by atoms with Gasteiger partial charge in [-0.3, -0.25) is 5.01 Å². The molecule has 0 aromatic heterocycles. The van der Waals surface area contributed by atoms with Gasteiger partial charge < -0.3 is 0 Å². The van der Waals surface area contributed by atoms with Gasteiger partial charge in [0.15, 0.2) is 0 Å². The van der Waals surface area contributed by atoms with Crippen LogP contribution in [0, 0.1) is 0 Å². The molecule has 0 amide bonds. The van der Waals surface area contributed by atoms with Crippen LogP contribution in [-0.2, 0) is 6.42 Å². The predicted molar refractivity (Wildman–Crippen MR) is 65.7 cm³/mol. The van der Waals surface area contributed by atoms with E-state index in [0.29, 0.717) is 6.04 Å². The lowest BCUT2D eigenvalue weighted by atomic mass is 10.0. The summed E-state index contributed by atoms with van der Waals surface area (Å²) in [6.07, 6.45) is 2.39. The zero-order valence-corrected chi connectivity index (χ0v) is 10.2. The summed E-state index contributed by atoms with van der Waals surface area (Å²) in [5, 5.41) is 1.99. The van der Waals surface area contributed by atoms with Crippen LogP contribution in [0.4, 0.5) is 0 Å². The Hall–Kier alpha value is -0.860. The first kappa shape index (κ1) is 12.2. The van der Waals surface area contributed by atoms with Gasteiger partial charge in [-0.05, 0) is 24.5 Å². The van der Waals surface area contributed by atoms with Gasteiger partial charge in [0.2, 0.25) is 0 Å².